The highest BCUT2D eigenvalue weighted by molar-refractivity contribution is 7.89. The molecule has 5 nitrogen and oxygen atoms in total. The quantitative estimate of drug-likeness (QED) is 0.808. The summed E-state index contributed by atoms with van der Waals surface area (Å²) in [5.41, 5.74) is 0.788. The number of aromatic nitrogens is 1. The van der Waals surface area contributed by atoms with Crippen molar-refractivity contribution >= 4 is 32.7 Å². The van der Waals surface area contributed by atoms with Crippen LogP contribution in [0.3, 0.4) is 0 Å². The molecule has 0 spiro atoms. The number of hydrogen-bond donors (Lipinski definition) is 2. The molecule has 2 aromatic heterocycles. The predicted octanol–water partition coefficient (Wildman–Crippen LogP) is 2.41. The summed E-state index contributed by atoms with van der Waals surface area (Å²) in [4.78, 5) is 6.50. The highest BCUT2D eigenvalue weighted by Crippen LogP contribution is 2.27. The highest BCUT2D eigenvalue weighted by atomic mass is 32.2. The molecule has 116 valence electrons. The van der Waals surface area contributed by atoms with Crippen LogP contribution >= 0.6 is 22.7 Å². The molecule has 0 bridgehead atoms. The number of aryl methyl sites for hydroxylation is 2. The van der Waals surface area contributed by atoms with Gasteiger partial charge in [0.1, 0.15) is 9.90 Å². The summed E-state index contributed by atoms with van der Waals surface area (Å²) >= 11 is 2.97. The van der Waals surface area contributed by atoms with Gasteiger partial charge >= 0.3 is 0 Å². The lowest BCUT2D eigenvalue weighted by atomic mass is 10.3. The molecule has 2 rings (SSSR count). The monoisotopic (exact) mass is 345 g/mol. The Morgan fingerprint density at radius 3 is 2.67 bits per heavy atom. The van der Waals surface area contributed by atoms with E-state index in [0.29, 0.717) is 11.4 Å². The second kappa shape index (κ2) is 6.97. The van der Waals surface area contributed by atoms with Gasteiger partial charge in [-0.15, -0.1) is 22.7 Å². The standard InChI is InChI=1S/C13H19N3O2S3/c1-4-14-6-11-13(9(2)8-19-11)21(17,18)16-7-12-15-5-10(3)20-12/h5,8,14,16H,4,6-7H2,1-3H3. The van der Waals surface area contributed by atoms with Crippen molar-refractivity contribution in [1.29, 1.82) is 0 Å². The molecule has 21 heavy (non-hydrogen) atoms. The first-order valence-electron chi connectivity index (χ1n) is 6.62. The Labute approximate surface area is 133 Å². The minimum Gasteiger partial charge on any atom is -0.312 e. The molecule has 0 aliphatic carbocycles. The average molecular weight is 346 g/mol. The van der Waals surface area contributed by atoms with Crippen LogP contribution in [0.25, 0.3) is 0 Å². The van der Waals surface area contributed by atoms with Gasteiger partial charge in [0.2, 0.25) is 10.0 Å². The molecule has 0 atom stereocenters. The molecule has 2 N–H and O–H groups in total. The van der Waals surface area contributed by atoms with Crippen molar-refractivity contribution < 1.29 is 8.42 Å². The van der Waals surface area contributed by atoms with E-state index < -0.39 is 10.0 Å². The van der Waals surface area contributed by atoms with E-state index in [2.05, 4.69) is 15.0 Å². The number of hydrogen-bond acceptors (Lipinski definition) is 6. The third-order valence-electron chi connectivity index (χ3n) is 2.88. The van der Waals surface area contributed by atoms with Crippen molar-refractivity contribution in [1.82, 2.24) is 15.0 Å². The molecule has 0 unspecified atom stereocenters. The minimum absolute atomic E-state index is 0.233. The number of nitrogens with one attached hydrogen (secondary N) is 2. The van der Waals surface area contributed by atoms with Gasteiger partial charge in [0.25, 0.3) is 0 Å². The molecular formula is C13H19N3O2S3. The summed E-state index contributed by atoms with van der Waals surface area (Å²) in [5.74, 6) is 0. The zero-order valence-corrected chi connectivity index (χ0v) is 14.7. The lowest BCUT2D eigenvalue weighted by Gasteiger charge is -2.08. The molecule has 0 saturated carbocycles. The van der Waals surface area contributed by atoms with Gasteiger partial charge < -0.3 is 5.32 Å². The van der Waals surface area contributed by atoms with E-state index in [0.717, 1.165) is 26.9 Å². The van der Waals surface area contributed by atoms with Crippen molar-refractivity contribution in [2.75, 3.05) is 6.54 Å². The second-order valence-corrected chi connectivity index (χ2v) is 8.63. The first-order valence-corrected chi connectivity index (χ1v) is 9.80. The van der Waals surface area contributed by atoms with Crippen molar-refractivity contribution in [3.8, 4) is 0 Å². The molecule has 2 aromatic rings. The van der Waals surface area contributed by atoms with Gasteiger partial charge in [-0.25, -0.2) is 18.1 Å². The van der Waals surface area contributed by atoms with Crippen LogP contribution in [0.4, 0.5) is 0 Å². The normalized spacial score (nSPS) is 12.0. The molecule has 0 aromatic carbocycles. The van der Waals surface area contributed by atoms with E-state index in [-0.39, 0.29) is 6.54 Å². The Hall–Kier alpha value is -0.800. The summed E-state index contributed by atoms with van der Waals surface area (Å²) in [6, 6.07) is 0. The van der Waals surface area contributed by atoms with E-state index in [9.17, 15) is 8.42 Å². The van der Waals surface area contributed by atoms with E-state index in [1.165, 1.54) is 22.7 Å². The van der Waals surface area contributed by atoms with Crippen molar-refractivity contribution in [3.05, 3.63) is 31.9 Å². The van der Waals surface area contributed by atoms with Crippen LogP contribution < -0.4 is 10.0 Å². The van der Waals surface area contributed by atoms with Gasteiger partial charge in [-0.1, -0.05) is 6.92 Å². The summed E-state index contributed by atoms with van der Waals surface area (Å²) in [5, 5.41) is 5.83. The van der Waals surface area contributed by atoms with Gasteiger partial charge in [0, 0.05) is 22.5 Å². The SMILES string of the molecule is CCNCc1scc(C)c1S(=O)(=O)NCc1ncc(C)s1. The van der Waals surface area contributed by atoms with Gasteiger partial charge in [-0.05, 0) is 31.3 Å². The first kappa shape index (κ1) is 16.6. The van der Waals surface area contributed by atoms with Gasteiger partial charge in [-0.3, -0.25) is 0 Å². The van der Waals surface area contributed by atoms with E-state index in [1.807, 2.05) is 26.2 Å². The molecular weight excluding hydrogens is 326 g/mol. The Kier molecular flexibility index (Phi) is 5.50. The Bertz CT molecular complexity index is 704. The third-order valence-corrected chi connectivity index (χ3v) is 6.65. The maximum Gasteiger partial charge on any atom is 0.242 e. The number of rotatable bonds is 7. The Morgan fingerprint density at radius 2 is 2.05 bits per heavy atom. The van der Waals surface area contributed by atoms with E-state index >= 15 is 0 Å². The van der Waals surface area contributed by atoms with Gasteiger partial charge in [-0.2, -0.15) is 0 Å². The fraction of sp³-hybridized carbons (Fsp3) is 0.462. The van der Waals surface area contributed by atoms with Gasteiger partial charge in [0.05, 0.1) is 6.54 Å². The minimum atomic E-state index is -3.51. The van der Waals surface area contributed by atoms with Crippen LogP contribution in [-0.4, -0.2) is 19.9 Å². The molecule has 8 heteroatoms. The smallest absolute Gasteiger partial charge is 0.242 e. The molecule has 0 aliphatic heterocycles. The second-order valence-electron chi connectivity index (χ2n) is 4.64. The summed E-state index contributed by atoms with van der Waals surface area (Å²) in [6.07, 6.45) is 1.75. The van der Waals surface area contributed by atoms with Crippen LogP contribution in [0.1, 0.15) is 27.2 Å². The fourth-order valence-corrected chi connectivity index (χ4v) is 5.50. The number of thiophene rings is 1. The molecule has 2 heterocycles. The molecule has 0 fully saturated rings. The van der Waals surface area contributed by atoms with Crippen molar-refractivity contribution in [2.24, 2.45) is 0 Å². The van der Waals surface area contributed by atoms with Crippen LogP contribution in [0.15, 0.2) is 16.5 Å². The highest BCUT2D eigenvalue weighted by Gasteiger charge is 2.22. The maximum atomic E-state index is 12.5. The molecule has 0 aliphatic rings. The first-order chi connectivity index (χ1) is 9.94. The zero-order valence-electron chi connectivity index (χ0n) is 12.3. The van der Waals surface area contributed by atoms with Crippen molar-refractivity contribution in [3.63, 3.8) is 0 Å². The maximum absolute atomic E-state index is 12.5. The Morgan fingerprint density at radius 1 is 1.29 bits per heavy atom. The molecule has 0 amide bonds. The largest absolute Gasteiger partial charge is 0.312 e. The number of nitrogens with zero attached hydrogens (tertiary/aromatic N) is 1. The number of sulfonamides is 1. The fourth-order valence-electron chi connectivity index (χ4n) is 1.92. The lowest BCUT2D eigenvalue weighted by molar-refractivity contribution is 0.579. The number of thiazole rings is 1. The molecule has 0 radical (unpaired) electrons. The van der Waals surface area contributed by atoms with E-state index in [4.69, 9.17) is 0 Å². The Balaban J connectivity index is 2.17. The summed E-state index contributed by atoms with van der Waals surface area (Å²) in [7, 11) is -3.51. The topological polar surface area (TPSA) is 71.1 Å². The van der Waals surface area contributed by atoms with E-state index in [1.54, 1.807) is 6.20 Å². The van der Waals surface area contributed by atoms with Crippen LogP contribution in [-0.2, 0) is 23.1 Å². The lowest BCUT2D eigenvalue weighted by Crippen LogP contribution is -2.25. The van der Waals surface area contributed by atoms with Crippen molar-refractivity contribution in [2.45, 2.75) is 38.8 Å². The van der Waals surface area contributed by atoms with Gasteiger partial charge in [0.15, 0.2) is 0 Å². The third kappa shape index (κ3) is 4.10. The summed E-state index contributed by atoms with van der Waals surface area (Å²) in [6.45, 7) is 7.39. The predicted molar refractivity (Wildman–Crippen MR) is 87.3 cm³/mol. The molecule has 0 saturated heterocycles. The zero-order chi connectivity index (χ0) is 15.5. The summed E-state index contributed by atoms with van der Waals surface area (Å²) < 4.78 is 27.7. The average Bonchev–Trinajstić information content (AvgIpc) is 3.00. The van der Waals surface area contributed by atoms with Crippen LogP contribution in [0.5, 0.6) is 0 Å². The van der Waals surface area contributed by atoms with Crippen LogP contribution in [0, 0.1) is 13.8 Å². The van der Waals surface area contributed by atoms with Crippen LogP contribution in [0.2, 0.25) is 0 Å².